The van der Waals surface area contributed by atoms with Gasteiger partial charge in [-0.05, 0) is 27.9 Å². The topological polar surface area (TPSA) is 17.1 Å². The SMILES string of the molecule is CCCCC=C(C(=O)Br)c1ccccc1. The number of hydrogen-bond donors (Lipinski definition) is 0. The predicted octanol–water partition coefficient (Wildman–Crippen LogP) is 4.18. The summed E-state index contributed by atoms with van der Waals surface area (Å²) in [6.07, 6.45) is 5.24. The number of halogens is 1. The van der Waals surface area contributed by atoms with Gasteiger partial charge < -0.3 is 0 Å². The monoisotopic (exact) mass is 266 g/mol. The first-order valence-electron chi connectivity index (χ1n) is 5.21. The smallest absolute Gasteiger partial charge is 0.228 e. The van der Waals surface area contributed by atoms with E-state index in [2.05, 4.69) is 22.9 Å². The predicted molar refractivity (Wildman–Crippen MR) is 67.9 cm³/mol. The molecule has 0 atom stereocenters. The van der Waals surface area contributed by atoms with Gasteiger partial charge in [0, 0.05) is 5.57 Å². The highest BCUT2D eigenvalue weighted by molar-refractivity contribution is 9.18. The molecular formula is C13H15BrO. The molecule has 0 aliphatic carbocycles. The highest BCUT2D eigenvalue weighted by atomic mass is 79.9. The lowest BCUT2D eigenvalue weighted by atomic mass is 10.1. The van der Waals surface area contributed by atoms with Crippen molar-refractivity contribution in [3.05, 3.63) is 42.0 Å². The van der Waals surface area contributed by atoms with Crippen molar-refractivity contribution in [2.45, 2.75) is 26.2 Å². The number of carbonyl (C=O) groups excluding carboxylic acids is 1. The highest BCUT2D eigenvalue weighted by Gasteiger charge is 2.06. The summed E-state index contributed by atoms with van der Waals surface area (Å²) in [7, 11) is 0. The lowest BCUT2D eigenvalue weighted by Crippen LogP contribution is -1.92. The number of rotatable bonds is 5. The van der Waals surface area contributed by atoms with Gasteiger partial charge in [0.15, 0.2) is 0 Å². The summed E-state index contributed by atoms with van der Waals surface area (Å²) in [6, 6.07) is 9.75. The Bertz CT molecular complexity index is 341. The van der Waals surface area contributed by atoms with Crippen LogP contribution in [0.1, 0.15) is 31.7 Å². The third kappa shape index (κ3) is 4.00. The van der Waals surface area contributed by atoms with Crippen LogP contribution < -0.4 is 0 Å². The molecular weight excluding hydrogens is 252 g/mol. The molecule has 1 nitrogen and oxygen atoms in total. The van der Waals surface area contributed by atoms with Crippen LogP contribution in [0.15, 0.2) is 36.4 Å². The zero-order valence-corrected chi connectivity index (χ0v) is 10.5. The summed E-state index contributed by atoms with van der Waals surface area (Å²) in [5, 5.41) is 0. The summed E-state index contributed by atoms with van der Waals surface area (Å²) in [4.78, 5) is 11.4. The molecule has 0 spiro atoms. The fraction of sp³-hybridized carbons (Fsp3) is 0.308. The van der Waals surface area contributed by atoms with Gasteiger partial charge in [-0.25, -0.2) is 0 Å². The van der Waals surface area contributed by atoms with Crippen molar-refractivity contribution in [3.63, 3.8) is 0 Å². The lowest BCUT2D eigenvalue weighted by molar-refractivity contribution is -0.105. The molecule has 0 heterocycles. The van der Waals surface area contributed by atoms with Crippen LogP contribution in [0.4, 0.5) is 0 Å². The molecule has 0 bridgehead atoms. The Morgan fingerprint density at radius 2 is 2.00 bits per heavy atom. The molecule has 0 radical (unpaired) electrons. The number of benzene rings is 1. The van der Waals surface area contributed by atoms with Crippen molar-refractivity contribution in [3.8, 4) is 0 Å². The van der Waals surface area contributed by atoms with Crippen molar-refractivity contribution < 1.29 is 4.79 Å². The van der Waals surface area contributed by atoms with E-state index >= 15 is 0 Å². The van der Waals surface area contributed by atoms with Crippen molar-refractivity contribution in [1.29, 1.82) is 0 Å². The van der Waals surface area contributed by atoms with Crippen LogP contribution >= 0.6 is 15.9 Å². The van der Waals surface area contributed by atoms with Crippen LogP contribution in [0.25, 0.3) is 5.57 Å². The summed E-state index contributed by atoms with van der Waals surface area (Å²) in [5.41, 5.74) is 1.75. The van der Waals surface area contributed by atoms with Crippen LogP contribution in [-0.4, -0.2) is 4.69 Å². The van der Waals surface area contributed by atoms with E-state index in [0.29, 0.717) is 0 Å². The molecule has 80 valence electrons. The van der Waals surface area contributed by atoms with Crippen LogP contribution in [0.2, 0.25) is 0 Å². The largest absolute Gasteiger partial charge is 0.281 e. The van der Waals surface area contributed by atoms with Gasteiger partial charge in [0.25, 0.3) is 0 Å². The third-order valence-corrected chi connectivity index (χ3v) is 2.63. The maximum absolute atomic E-state index is 11.4. The molecule has 0 N–H and O–H groups in total. The summed E-state index contributed by atoms with van der Waals surface area (Å²) < 4.78 is -0.0372. The summed E-state index contributed by atoms with van der Waals surface area (Å²) >= 11 is 3.02. The molecule has 1 aromatic carbocycles. The van der Waals surface area contributed by atoms with Gasteiger partial charge in [0.2, 0.25) is 4.69 Å². The van der Waals surface area contributed by atoms with E-state index in [1.807, 2.05) is 36.4 Å². The van der Waals surface area contributed by atoms with Crippen molar-refractivity contribution in [2.24, 2.45) is 0 Å². The fourth-order valence-corrected chi connectivity index (χ4v) is 1.77. The summed E-state index contributed by atoms with van der Waals surface area (Å²) in [5.74, 6) is 0. The van der Waals surface area contributed by atoms with Gasteiger partial charge in [-0.15, -0.1) is 0 Å². The number of unbranched alkanes of at least 4 members (excludes halogenated alkanes) is 2. The van der Waals surface area contributed by atoms with Gasteiger partial charge in [0.1, 0.15) is 0 Å². The standard InChI is InChI=1S/C13H15BrO/c1-2-3-5-10-12(13(14)15)11-8-6-4-7-9-11/h4,6-10H,2-3,5H2,1H3. The molecule has 15 heavy (non-hydrogen) atoms. The first-order valence-corrected chi connectivity index (χ1v) is 6.00. The molecule has 0 saturated heterocycles. The first kappa shape index (κ1) is 12.2. The zero-order chi connectivity index (χ0) is 11.1. The molecule has 2 heteroatoms. The first-order chi connectivity index (χ1) is 7.25. The average molecular weight is 267 g/mol. The van der Waals surface area contributed by atoms with Crippen molar-refractivity contribution in [1.82, 2.24) is 0 Å². The Labute approximate surface area is 99.3 Å². The van der Waals surface area contributed by atoms with E-state index < -0.39 is 0 Å². The van der Waals surface area contributed by atoms with Crippen LogP contribution in [0, 0.1) is 0 Å². The third-order valence-electron chi connectivity index (χ3n) is 2.20. The van der Waals surface area contributed by atoms with E-state index in [0.717, 1.165) is 30.4 Å². The van der Waals surface area contributed by atoms with Crippen molar-refractivity contribution in [2.75, 3.05) is 0 Å². The molecule has 1 rings (SSSR count). The highest BCUT2D eigenvalue weighted by Crippen LogP contribution is 2.19. The minimum atomic E-state index is -0.0372. The Hall–Kier alpha value is -0.890. The van der Waals surface area contributed by atoms with Gasteiger partial charge in [-0.2, -0.15) is 0 Å². The zero-order valence-electron chi connectivity index (χ0n) is 8.87. The van der Waals surface area contributed by atoms with Crippen molar-refractivity contribution >= 4 is 26.2 Å². The van der Waals surface area contributed by atoms with Crippen LogP contribution in [0.5, 0.6) is 0 Å². The van der Waals surface area contributed by atoms with Crippen LogP contribution in [0.3, 0.4) is 0 Å². The Morgan fingerprint density at radius 1 is 1.33 bits per heavy atom. The molecule has 1 aromatic rings. The number of carbonyl (C=O) groups is 1. The van der Waals surface area contributed by atoms with Gasteiger partial charge in [-0.1, -0.05) is 56.2 Å². The summed E-state index contributed by atoms with van der Waals surface area (Å²) in [6.45, 7) is 2.14. The maximum atomic E-state index is 11.4. The molecule has 0 aromatic heterocycles. The Balaban J connectivity index is 2.84. The van der Waals surface area contributed by atoms with Gasteiger partial charge in [-0.3, -0.25) is 4.79 Å². The van der Waals surface area contributed by atoms with Gasteiger partial charge in [0.05, 0.1) is 0 Å². The second-order valence-electron chi connectivity index (χ2n) is 3.40. The molecule has 0 saturated carbocycles. The van der Waals surface area contributed by atoms with E-state index in [4.69, 9.17) is 0 Å². The quantitative estimate of drug-likeness (QED) is 0.444. The van der Waals surface area contributed by atoms with Crippen LogP contribution in [-0.2, 0) is 4.79 Å². The molecule has 0 amide bonds. The maximum Gasteiger partial charge on any atom is 0.228 e. The minimum absolute atomic E-state index is 0.0372. The van der Waals surface area contributed by atoms with E-state index in [-0.39, 0.29) is 4.69 Å². The minimum Gasteiger partial charge on any atom is -0.281 e. The Kier molecular flexibility index (Phi) is 5.33. The van der Waals surface area contributed by atoms with Gasteiger partial charge >= 0.3 is 0 Å². The second-order valence-corrected chi connectivity index (χ2v) is 4.12. The fourth-order valence-electron chi connectivity index (χ4n) is 1.38. The normalized spacial score (nSPS) is 11.5. The van der Waals surface area contributed by atoms with E-state index in [1.54, 1.807) is 0 Å². The number of allylic oxidation sites excluding steroid dienone is 2. The van der Waals surface area contributed by atoms with E-state index in [9.17, 15) is 4.79 Å². The molecule has 0 unspecified atom stereocenters. The number of hydrogen-bond acceptors (Lipinski definition) is 1. The average Bonchev–Trinajstić information content (AvgIpc) is 2.25. The Morgan fingerprint density at radius 3 is 2.53 bits per heavy atom. The molecule has 0 aliphatic heterocycles. The second kappa shape index (κ2) is 6.57. The molecule has 0 aliphatic rings. The molecule has 0 fully saturated rings. The lowest BCUT2D eigenvalue weighted by Gasteiger charge is -2.02. The van der Waals surface area contributed by atoms with E-state index in [1.165, 1.54) is 0 Å².